The zero-order valence-electron chi connectivity index (χ0n) is 17.8. The molecule has 0 fully saturated rings. The summed E-state index contributed by atoms with van der Waals surface area (Å²) in [7, 11) is 0. The summed E-state index contributed by atoms with van der Waals surface area (Å²) in [5.41, 5.74) is 11.8. The number of rotatable bonds is 5. The van der Waals surface area contributed by atoms with E-state index < -0.39 is 22.8 Å². The van der Waals surface area contributed by atoms with E-state index in [1.54, 1.807) is 42.9 Å². The van der Waals surface area contributed by atoms with Gasteiger partial charge in [-0.15, -0.1) is 0 Å². The summed E-state index contributed by atoms with van der Waals surface area (Å²) in [6.07, 6.45) is 0.0757. The Kier molecular flexibility index (Phi) is 6.48. The number of amides is 2. The van der Waals surface area contributed by atoms with Gasteiger partial charge in [0.15, 0.2) is 17.3 Å². The zero-order chi connectivity index (χ0) is 25.2. The molecule has 0 aliphatic heterocycles. The van der Waals surface area contributed by atoms with Gasteiger partial charge in [-0.25, -0.2) is 9.78 Å². The minimum absolute atomic E-state index is 0.0592. The van der Waals surface area contributed by atoms with Crippen molar-refractivity contribution in [1.29, 1.82) is 0 Å². The predicted octanol–water partition coefficient (Wildman–Crippen LogP) is 6.41. The lowest BCUT2D eigenvalue weighted by Gasteiger charge is -2.24. The number of aromatic nitrogens is 2. The molecule has 4 rings (SSSR count). The van der Waals surface area contributed by atoms with Crippen LogP contribution in [0.25, 0.3) is 11.1 Å². The Labute approximate surface area is 202 Å². The van der Waals surface area contributed by atoms with Crippen LogP contribution >= 0.6 is 11.6 Å². The number of alkyl halides is 3. The van der Waals surface area contributed by atoms with Crippen molar-refractivity contribution in [2.75, 3.05) is 10.6 Å². The Morgan fingerprint density at radius 2 is 1.74 bits per heavy atom. The summed E-state index contributed by atoms with van der Waals surface area (Å²) < 4.78 is 46.2. The van der Waals surface area contributed by atoms with Crippen LogP contribution in [0, 0.1) is 0 Å². The van der Waals surface area contributed by atoms with E-state index in [0.29, 0.717) is 5.56 Å². The van der Waals surface area contributed by atoms with Gasteiger partial charge in [0.1, 0.15) is 0 Å². The number of urea groups is 1. The van der Waals surface area contributed by atoms with E-state index in [-0.39, 0.29) is 28.7 Å². The number of halogens is 4. The van der Waals surface area contributed by atoms with Gasteiger partial charge in [0.2, 0.25) is 0 Å². The minimum atomic E-state index is -4.74. The third-order valence-corrected chi connectivity index (χ3v) is 5.27. The smallest absolute Gasteiger partial charge is 0.417 e. The number of benzene rings is 2. The highest BCUT2D eigenvalue weighted by Crippen LogP contribution is 2.41. The van der Waals surface area contributed by atoms with Crippen LogP contribution in [-0.2, 0) is 6.18 Å². The SMILES string of the molecule is NC(=O)N(c1ccc(Cl)c(C(F)(F)F)c1)c1ccccc1Oc1cc(-c2cccnc2)cnc1N. The fourth-order valence-corrected chi connectivity index (χ4v) is 3.55. The lowest BCUT2D eigenvalue weighted by molar-refractivity contribution is -0.137. The number of anilines is 3. The first-order chi connectivity index (χ1) is 16.6. The Morgan fingerprint density at radius 3 is 2.43 bits per heavy atom. The average molecular weight is 500 g/mol. The molecule has 11 heteroatoms. The molecule has 4 aromatic rings. The van der Waals surface area contributed by atoms with Gasteiger partial charge < -0.3 is 16.2 Å². The molecule has 2 heterocycles. The molecule has 0 radical (unpaired) electrons. The van der Waals surface area contributed by atoms with Crippen LogP contribution < -0.4 is 21.1 Å². The third kappa shape index (κ3) is 5.12. The van der Waals surface area contributed by atoms with E-state index in [2.05, 4.69) is 9.97 Å². The number of ether oxygens (including phenoxy) is 1. The lowest BCUT2D eigenvalue weighted by Crippen LogP contribution is -2.32. The van der Waals surface area contributed by atoms with Gasteiger partial charge >= 0.3 is 12.2 Å². The number of nitrogens with two attached hydrogens (primary N) is 2. The van der Waals surface area contributed by atoms with Gasteiger partial charge in [0.25, 0.3) is 0 Å². The molecule has 0 unspecified atom stereocenters. The van der Waals surface area contributed by atoms with E-state index in [1.807, 2.05) is 6.07 Å². The second kappa shape index (κ2) is 9.51. The minimum Gasteiger partial charge on any atom is -0.451 e. The van der Waals surface area contributed by atoms with Gasteiger partial charge in [-0.3, -0.25) is 9.88 Å². The molecule has 0 aliphatic rings. The fraction of sp³-hybridized carbons (Fsp3) is 0.0417. The molecule has 35 heavy (non-hydrogen) atoms. The van der Waals surface area contributed by atoms with Crippen LogP contribution in [0.5, 0.6) is 11.5 Å². The topological polar surface area (TPSA) is 107 Å². The average Bonchev–Trinajstić information content (AvgIpc) is 2.82. The molecule has 0 saturated carbocycles. The van der Waals surface area contributed by atoms with Crippen molar-refractivity contribution in [2.24, 2.45) is 5.73 Å². The van der Waals surface area contributed by atoms with Crippen molar-refractivity contribution in [2.45, 2.75) is 6.18 Å². The maximum absolute atomic E-state index is 13.4. The standard InChI is InChI=1S/C24H17ClF3N5O2/c25-18-8-7-16(11-17(18)24(26,27)28)33(23(30)34)19-5-1-2-6-20(19)35-21-10-15(13-32-22(21)29)14-4-3-9-31-12-14/h1-13H,(H2,29,32)(H2,30,34). The summed E-state index contributed by atoms with van der Waals surface area (Å²) in [4.78, 5) is 21.5. The van der Waals surface area contributed by atoms with Gasteiger partial charge in [0, 0.05) is 29.7 Å². The summed E-state index contributed by atoms with van der Waals surface area (Å²) in [5, 5.41) is -0.513. The molecule has 4 N–H and O–H groups in total. The van der Waals surface area contributed by atoms with Crippen LogP contribution in [0.4, 0.5) is 35.2 Å². The van der Waals surface area contributed by atoms with Crippen LogP contribution in [-0.4, -0.2) is 16.0 Å². The van der Waals surface area contributed by atoms with E-state index in [4.69, 9.17) is 27.8 Å². The van der Waals surface area contributed by atoms with Crippen molar-refractivity contribution in [3.05, 3.63) is 89.8 Å². The molecular formula is C24H17ClF3N5O2. The molecule has 0 saturated heterocycles. The molecule has 7 nitrogen and oxygen atoms in total. The first-order valence-electron chi connectivity index (χ1n) is 10.0. The highest BCUT2D eigenvalue weighted by molar-refractivity contribution is 6.31. The van der Waals surface area contributed by atoms with Crippen molar-refractivity contribution in [3.63, 3.8) is 0 Å². The second-order valence-electron chi connectivity index (χ2n) is 7.25. The Balaban J connectivity index is 1.77. The van der Waals surface area contributed by atoms with Crippen molar-refractivity contribution in [3.8, 4) is 22.6 Å². The number of hydrogen-bond acceptors (Lipinski definition) is 5. The normalized spacial score (nSPS) is 11.2. The van der Waals surface area contributed by atoms with Gasteiger partial charge in [-0.1, -0.05) is 29.8 Å². The maximum atomic E-state index is 13.4. The number of primary amides is 1. The largest absolute Gasteiger partial charge is 0.451 e. The van der Waals surface area contributed by atoms with E-state index >= 15 is 0 Å². The number of para-hydroxylation sites is 2. The molecule has 178 valence electrons. The van der Waals surface area contributed by atoms with Crippen molar-refractivity contribution < 1.29 is 22.7 Å². The van der Waals surface area contributed by atoms with Crippen LogP contribution in [0.3, 0.4) is 0 Å². The van der Waals surface area contributed by atoms with Crippen LogP contribution in [0.15, 0.2) is 79.3 Å². The molecule has 0 spiro atoms. The molecule has 0 atom stereocenters. The number of nitrogens with zero attached hydrogens (tertiary/aromatic N) is 3. The van der Waals surface area contributed by atoms with Gasteiger partial charge in [-0.05, 0) is 42.5 Å². The molecule has 0 aliphatic carbocycles. The molecule has 0 bridgehead atoms. The molecule has 2 amide bonds. The maximum Gasteiger partial charge on any atom is 0.417 e. The number of hydrogen-bond donors (Lipinski definition) is 2. The Bertz CT molecular complexity index is 1380. The first kappa shape index (κ1) is 23.8. The monoisotopic (exact) mass is 499 g/mol. The van der Waals surface area contributed by atoms with Crippen LogP contribution in [0.2, 0.25) is 5.02 Å². The Hall–Kier alpha value is -4.31. The molecule has 2 aromatic heterocycles. The van der Waals surface area contributed by atoms with E-state index in [0.717, 1.165) is 22.6 Å². The predicted molar refractivity (Wildman–Crippen MR) is 127 cm³/mol. The summed E-state index contributed by atoms with van der Waals surface area (Å²) >= 11 is 5.73. The first-order valence-corrected chi connectivity index (χ1v) is 10.4. The van der Waals surface area contributed by atoms with E-state index in [1.165, 1.54) is 18.2 Å². The quantitative estimate of drug-likeness (QED) is 0.330. The van der Waals surface area contributed by atoms with Crippen LogP contribution in [0.1, 0.15) is 5.56 Å². The summed E-state index contributed by atoms with van der Waals surface area (Å²) in [5.74, 6) is 0.325. The van der Waals surface area contributed by atoms with Crippen molar-refractivity contribution >= 4 is 34.8 Å². The fourth-order valence-electron chi connectivity index (χ4n) is 3.33. The lowest BCUT2D eigenvalue weighted by atomic mass is 10.1. The second-order valence-corrected chi connectivity index (χ2v) is 7.66. The van der Waals surface area contributed by atoms with E-state index in [9.17, 15) is 18.0 Å². The molecular weight excluding hydrogens is 483 g/mol. The highest BCUT2D eigenvalue weighted by Gasteiger charge is 2.34. The third-order valence-electron chi connectivity index (χ3n) is 4.94. The highest BCUT2D eigenvalue weighted by atomic mass is 35.5. The molecule has 2 aromatic carbocycles. The summed E-state index contributed by atoms with van der Waals surface area (Å²) in [6.45, 7) is 0. The number of carbonyl (C=O) groups excluding carboxylic acids is 1. The van der Waals surface area contributed by atoms with Gasteiger partial charge in [0.05, 0.1) is 22.0 Å². The Morgan fingerprint density at radius 1 is 0.971 bits per heavy atom. The number of nitrogen functional groups attached to an aromatic ring is 1. The number of carbonyl (C=O) groups is 1. The number of pyridine rings is 2. The van der Waals surface area contributed by atoms with Crippen molar-refractivity contribution in [1.82, 2.24) is 9.97 Å². The zero-order valence-corrected chi connectivity index (χ0v) is 18.6. The summed E-state index contributed by atoms with van der Waals surface area (Å²) in [6, 6.07) is 13.4. The van der Waals surface area contributed by atoms with Gasteiger partial charge in [-0.2, -0.15) is 13.2 Å².